The van der Waals surface area contributed by atoms with Crippen LogP contribution in [-0.4, -0.2) is 25.3 Å². The van der Waals surface area contributed by atoms with Gasteiger partial charge in [0.15, 0.2) is 11.2 Å². The van der Waals surface area contributed by atoms with Crippen molar-refractivity contribution in [2.45, 2.75) is 13.5 Å². The van der Waals surface area contributed by atoms with E-state index in [2.05, 4.69) is 15.0 Å². The number of fused-ring (bicyclic) bond motifs is 1. The van der Waals surface area contributed by atoms with Crippen LogP contribution in [0, 0.1) is 0 Å². The minimum absolute atomic E-state index is 0.298. The fraction of sp³-hybridized carbons (Fsp3) is 0.200. The number of aromatic amines is 1. The Morgan fingerprint density at radius 3 is 2.78 bits per heavy atom. The summed E-state index contributed by atoms with van der Waals surface area (Å²) < 4.78 is 2.94. The van der Waals surface area contributed by atoms with Crippen LogP contribution in [0.1, 0.15) is 12.5 Å². The van der Waals surface area contributed by atoms with Gasteiger partial charge in [-0.15, -0.1) is 0 Å². The zero-order valence-electron chi connectivity index (χ0n) is 12.6. The monoisotopic (exact) mass is 331 g/mol. The maximum Gasteiger partial charge on any atom is 0.329 e. The smallest absolute Gasteiger partial charge is 0.303 e. The molecule has 3 rings (SSSR count). The molecule has 0 spiro atoms. The van der Waals surface area contributed by atoms with Crippen LogP contribution >= 0.6 is 11.6 Å². The molecule has 0 aliphatic rings. The van der Waals surface area contributed by atoms with Gasteiger partial charge in [0.05, 0.1) is 0 Å². The van der Waals surface area contributed by atoms with E-state index in [4.69, 9.17) is 11.6 Å². The Labute approximate surface area is 135 Å². The van der Waals surface area contributed by atoms with Crippen molar-refractivity contribution in [3.8, 4) is 0 Å². The second-order valence-electron chi connectivity index (χ2n) is 4.93. The van der Waals surface area contributed by atoms with E-state index in [9.17, 15) is 9.59 Å². The van der Waals surface area contributed by atoms with E-state index in [0.717, 1.165) is 5.56 Å². The normalized spacial score (nSPS) is 11.6. The van der Waals surface area contributed by atoms with Gasteiger partial charge in [-0.2, -0.15) is 4.98 Å². The van der Waals surface area contributed by atoms with Gasteiger partial charge in [-0.05, 0) is 13.0 Å². The Bertz CT molecular complexity index is 1030. The first kappa shape index (κ1) is 15.2. The number of imidazole rings is 1. The van der Waals surface area contributed by atoms with Crippen LogP contribution in [-0.2, 0) is 13.6 Å². The molecule has 0 bridgehead atoms. The molecule has 2 heterocycles. The van der Waals surface area contributed by atoms with Crippen molar-refractivity contribution >= 4 is 34.9 Å². The quantitative estimate of drug-likeness (QED) is 0.743. The lowest BCUT2D eigenvalue weighted by Gasteiger charge is -2.01. The molecule has 0 atom stereocenters. The summed E-state index contributed by atoms with van der Waals surface area (Å²) in [5.41, 5.74) is 0.376. The summed E-state index contributed by atoms with van der Waals surface area (Å²) in [5.74, 6) is 0.342. The Balaban J connectivity index is 2.21. The Hall–Kier alpha value is -2.67. The number of hydrogen-bond acceptors (Lipinski definition) is 4. The van der Waals surface area contributed by atoms with Crippen molar-refractivity contribution in [1.29, 1.82) is 0 Å². The first-order valence-electron chi connectivity index (χ1n) is 7.01. The number of halogens is 1. The molecule has 2 aromatic heterocycles. The van der Waals surface area contributed by atoms with Crippen molar-refractivity contribution in [2.75, 3.05) is 0 Å². The molecule has 0 aliphatic heterocycles. The number of rotatable bonds is 3. The molecule has 1 N–H and O–H groups in total. The van der Waals surface area contributed by atoms with E-state index >= 15 is 0 Å². The average Bonchev–Trinajstić information content (AvgIpc) is 2.91. The molecule has 0 saturated carbocycles. The topological polar surface area (TPSA) is 85.0 Å². The van der Waals surface area contributed by atoms with Crippen molar-refractivity contribution in [2.24, 2.45) is 12.0 Å². The summed E-state index contributed by atoms with van der Waals surface area (Å²) in [6.45, 7) is 2.37. The van der Waals surface area contributed by atoms with Gasteiger partial charge in [-0.3, -0.25) is 14.3 Å². The number of nitrogens with zero attached hydrogens (tertiary/aromatic N) is 4. The Kier molecular flexibility index (Phi) is 3.87. The molecule has 118 valence electrons. The Morgan fingerprint density at radius 1 is 1.35 bits per heavy atom. The molecular weight excluding hydrogens is 318 g/mol. The number of aromatic nitrogens is 4. The molecule has 0 radical (unpaired) electrons. The zero-order valence-corrected chi connectivity index (χ0v) is 13.3. The molecule has 0 aliphatic carbocycles. The highest BCUT2D eigenvalue weighted by Gasteiger charge is 2.15. The van der Waals surface area contributed by atoms with Gasteiger partial charge in [-0.25, -0.2) is 9.79 Å². The third kappa shape index (κ3) is 2.59. The predicted octanol–water partition coefficient (Wildman–Crippen LogP) is 1.85. The molecule has 1 aromatic carbocycles. The first-order valence-corrected chi connectivity index (χ1v) is 7.39. The summed E-state index contributed by atoms with van der Waals surface area (Å²) in [6.07, 6.45) is 1.59. The summed E-state index contributed by atoms with van der Waals surface area (Å²) in [7, 11) is 1.55. The molecule has 0 amide bonds. The highest BCUT2D eigenvalue weighted by Crippen LogP contribution is 2.19. The zero-order chi connectivity index (χ0) is 16.6. The highest BCUT2D eigenvalue weighted by molar-refractivity contribution is 6.33. The number of hydrogen-bond donors (Lipinski definition) is 1. The molecule has 0 saturated heterocycles. The van der Waals surface area contributed by atoms with E-state index in [1.807, 2.05) is 25.1 Å². The third-order valence-corrected chi connectivity index (χ3v) is 3.87. The Morgan fingerprint density at radius 2 is 2.09 bits per heavy atom. The number of aryl methyl sites for hydroxylation is 2. The van der Waals surface area contributed by atoms with Gasteiger partial charge in [0.25, 0.3) is 5.56 Å². The standard InChI is InChI=1S/C15H14ClN5O2/c1-3-21-11-12(20(2)15(23)19-13(11)22)18-14(21)17-8-9-6-4-5-7-10(9)16/h4-8H,3H2,1-2H3,(H,19,22,23). The number of H-pyrrole nitrogens is 1. The van der Waals surface area contributed by atoms with Crippen LogP contribution in [0.5, 0.6) is 0 Å². The number of aliphatic imine (C=N–C) groups is 1. The molecular formula is C15H14ClN5O2. The minimum Gasteiger partial charge on any atom is -0.303 e. The SMILES string of the molecule is CCn1c(N=Cc2ccccc2Cl)nc2c1c(=O)[nH]c(=O)n2C. The lowest BCUT2D eigenvalue weighted by Crippen LogP contribution is -2.29. The van der Waals surface area contributed by atoms with Gasteiger partial charge in [0, 0.05) is 30.4 Å². The van der Waals surface area contributed by atoms with Crippen molar-refractivity contribution in [3.63, 3.8) is 0 Å². The second-order valence-corrected chi connectivity index (χ2v) is 5.33. The highest BCUT2D eigenvalue weighted by atomic mass is 35.5. The van der Waals surface area contributed by atoms with Gasteiger partial charge < -0.3 is 4.57 Å². The van der Waals surface area contributed by atoms with Crippen LogP contribution in [0.15, 0.2) is 38.8 Å². The van der Waals surface area contributed by atoms with E-state index in [1.54, 1.807) is 23.9 Å². The summed E-state index contributed by atoms with van der Waals surface area (Å²) >= 11 is 6.10. The second kappa shape index (κ2) is 5.85. The van der Waals surface area contributed by atoms with E-state index in [-0.39, 0.29) is 0 Å². The minimum atomic E-state index is -0.509. The molecule has 0 unspecified atom stereocenters. The average molecular weight is 332 g/mol. The maximum atomic E-state index is 12.1. The lowest BCUT2D eigenvalue weighted by atomic mass is 10.2. The summed E-state index contributed by atoms with van der Waals surface area (Å²) in [5, 5.41) is 0.570. The predicted molar refractivity (Wildman–Crippen MR) is 90.0 cm³/mol. The fourth-order valence-electron chi connectivity index (χ4n) is 2.33. The van der Waals surface area contributed by atoms with E-state index in [0.29, 0.717) is 28.7 Å². The molecule has 7 nitrogen and oxygen atoms in total. The molecule has 8 heteroatoms. The third-order valence-electron chi connectivity index (χ3n) is 3.53. The van der Waals surface area contributed by atoms with Crippen molar-refractivity contribution in [3.05, 3.63) is 55.7 Å². The van der Waals surface area contributed by atoms with Gasteiger partial charge in [0.1, 0.15) is 0 Å². The van der Waals surface area contributed by atoms with Crippen LogP contribution in [0.4, 0.5) is 5.95 Å². The van der Waals surface area contributed by atoms with Crippen LogP contribution in [0.25, 0.3) is 11.2 Å². The van der Waals surface area contributed by atoms with Gasteiger partial charge in [0.2, 0.25) is 5.95 Å². The lowest BCUT2D eigenvalue weighted by molar-refractivity contribution is 0.780. The van der Waals surface area contributed by atoms with Gasteiger partial charge in [-0.1, -0.05) is 29.8 Å². The summed E-state index contributed by atoms with van der Waals surface area (Å²) in [6, 6.07) is 7.27. The molecule has 0 fully saturated rings. The summed E-state index contributed by atoms with van der Waals surface area (Å²) in [4.78, 5) is 34.7. The number of nitrogens with one attached hydrogen (secondary N) is 1. The van der Waals surface area contributed by atoms with Crippen LogP contribution in [0.3, 0.4) is 0 Å². The first-order chi connectivity index (χ1) is 11.0. The van der Waals surface area contributed by atoms with E-state index < -0.39 is 11.2 Å². The fourth-order valence-corrected chi connectivity index (χ4v) is 2.51. The maximum absolute atomic E-state index is 12.1. The van der Waals surface area contributed by atoms with Crippen molar-refractivity contribution in [1.82, 2.24) is 19.1 Å². The van der Waals surface area contributed by atoms with Crippen molar-refractivity contribution < 1.29 is 0 Å². The molecule has 23 heavy (non-hydrogen) atoms. The van der Waals surface area contributed by atoms with Crippen LogP contribution in [0.2, 0.25) is 5.02 Å². The van der Waals surface area contributed by atoms with Gasteiger partial charge >= 0.3 is 5.69 Å². The van der Waals surface area contributed by atoms with E-state index in [1.165, 1.54) is 4.57 Å². The molecule has 3 aromatic rings. The number of benzene rings is 1. The van der Waals surface area contributed by atoms with Crippen LogP contribution < -0.4 is 11.2 Å². The largest absolute Gasteiger partial charge is 0.329 e.